The van der Waals surface area contributed by atoms with E-state index < -0.39 is 0 Å². The molecule has 2 rings (SSSR count). The Balaban J connectivity index is 2.23. The maximum Gasteiger partial charge on any atom is 0.172 e. The van der Waals surface area contributed by atoms with E-state index >= 15 is 0 Å². The molecule has 17 heavy (non-hydrogen) atoms. The van der Waals surface area contributed by atoms with Gasteiger partial charge in [0.2, 0.25) is 0 Å². The second-order valence-electron chi connectivity index (χ2n) is 3.99. The van der Waals surface area contributed by atoms with Crippen molar-refractivity contribution in [2.75, 3.05) is 0 Å². The number of ketones is 1. The van der Waals surface area contributed by atoms with E-state index in [0.29, 0.717) is 11.4 Å². The van der Waals surface area contributed by atoms with Gasteiger partial charge in [-0.3, -0.25) is 14.5 Å². The van der Waals surface area contributed by atoms with Crippen molar-refractivity contribution in [1.29, 1.82) is 0 Å². The van der Waals surface area contributed by atoms with Crippen LogP contribution in [0.3, 0.4) is 0 Å². The normalized spacial score (nSPS) is 10.5. The van der Waals surface area contributed by atoms with Gasteiger partial charge < -0.3 is 0 Å². The number of hydrogen-bond donors (Lipinski definition) is 0. The van der Waals surface area contributed by atoms with E-state index in [2.05, 4.69) is 15.1 Å². The van der Waals surface area contributed by atoms with Crippen LogP contribution in [0.5, 0.6) is 0 Å². The second-order valence-corrected chi connectivity index (χ2v) is 3.99. The molecule has 0 fully saturated rings. The molecule has 0 atom stereocenters. The molecular formula is C12H14N4O. The fourth-order valence-corrected chi connectivity index (χ4v) is 1.70. The molecule has 2 heterocycles. The molecule has 0 spiro atoms. The van der Waals surface area contributed by atoms with Gasteiger partial charge in [-0.1, -0.05) is 0 Å². The summed E-state index contributed by atoms with van der Waals surface area (Å²) in [5, 5.41) is 3.94. The molecule has 0 bridgehead atoms. The number of hydrogen-bond acceptors (Lipinski definition) is 4. The average molecular weight is 230 g/mol. The van der Waals surface area contributed by atoms with Gasteiger partial charge in [0.1, 0.15) is 12.2 Å². The van der Waals surface area contributed by atoms with Gasteiger partial charge in [0.05, 0.1) is 6.42 Å². The van der Waals surface area contributed by atoms with Gasteiger partial charge >= 0.3 is 0 Å². The highest BCUT2D eigenvalue weighted by atomic mass is 16.1. The Morgan fingerprint density at radius 3 is 2.71 bits per heavy atom. The molecule has 0 N–H and O–H groups in total. The lowest BCUT2D eigenvalue weighted by Crippen LogP contribution is -2.11. The molecule has 0 aromatic carbocycles. The Morgan fingerprint density at radius 2 is 2.12 bits per heavy atom. The van der Waals surface area contributed by atoms with Crippen LogP contribution < -0.4 is 0 Å². The zero-order valence-corrected chi connectivity index (χ0v) is 10.1. The quantitative estimate of drug-likeness (QED) is 0.744. The molecule has 0 saturated carbocycles. The van der Waals surface area contributed by atoms with Crippen molar-refractivity contribution in [3.63, 3.8) is 0 Å². The van der Waals surface area contributed by atoms with Crippen molar-refractivity contribution in [2.45, 2.75) is 20.3 Å². The highest BCUT2D eigenvalue weighted by molar-refractivity contribution is 5.98. The fourth-order valence-electron chi connectivity index (χ4n) is 1.70. The van der Waals surface area contributed by atoms with E-state index in [0.717, 1.165) is 11.4 Å². The molecule has 0 aliphatic heterocycles. The predicted molar refractivity (Wildman–Crippen MR) is 62.7 cm³/mol. The molecule has 0 radical (unpaired) electrons. The summed E-state index contributed by atoms with van der Waals surface area (Å²) in [7, 11) is 1.77. The van der Waals surface area contributed by atoms with E-state index in [9.17, 15) is 4.79 Å². The number of carbonyl (C=O) groups is 1. The molecule has 0 saturated heterocycles. The number of Topliss-reactive ketones (excluding diaryl/α,β-unsaturated/α-hetero) is 1. The molecule has 0 aliphatic carbocycles. The number of nitrogens with zero attached hydrogens (tertiary/aromatic N) is 4. The molecule has 0 unspecified atom stereocenters. The summed E-state index contributed by atoms with van der Waals surface area (Å²) in [5.41, 5.74) is 2.33. The number of rotatable bonds is 3. The Bertz CT molecular complexity index is 559. The third-order valence-electron chi connectivity index (χ3n) is 2.65. The Labute approximate surface area is 99.5 Å². The summed E-state index contributed by atoms with van der Waals surface area (Å²) >= 11 is 0. The molecule has 2 aromatic heterocycles. The van der Waals surface area contributed by atoms with E-state index in [1.807, 2.05) is 26.0 Å². The standard InChI is InChI=1S/C12H14N4O/c1-8-4-5-10(9(2)15-8)11(17)6-12-13-7-14-16(12)3/h4-5,7H,6H2,1-3H3. The highest BCUT2D eigenvalue weighted by Crippen LogP contribution is 2.09. The molecule has 0 amide bonds. The van der Waals surface area contributed by atoms with E-state index in [4.69, 9.17) is 0 Å². The number of aryl methyl sites for hydroxylation is 3. The summed E-state index contributed by atoms with van der Waals surface area (Å²) in [5.74, 6) is 0.682. The van der Waals surface area contributed by atoms with Crippen molar-refractivity contribution >= 4 is 5.78 Å². The Hall–Kier alpha value is -2.04. The summed E-state index contributed by atoms with van der Waals surface area (Å²) in [4.78, 5) is 20.4. The predicted octanol–water partition coefficient (Wildman–Crippen LogP) is 1.25. The van der Waals surface area contributed by atoms with Crippen LogP contribution in [-0.4, -0.2) is 25.5 Å². The molecule has 5 heteroatoms. The third-order valence-corrected chi connectivity index (χ3v) is 2.65. The largest absolute Gasteiger partial charge is 0.294 e. The van der Waals surface area contributed by atoms with Gasteiger partial charge in [0.25, 0.3) is 0 Å². The van der Waals surface area contributed by atoms with Crippen molar-refractivity contribution in [2.24, 2.45) is 7.05 Å². The molecule has 88 valence electrons. The van der Waals surface area contributed by atoms with Crippen LogP contribution in [-0.2, 0) is 13.5 Å². The topological polar surface area (TPSA) is 60.7 Å². The second kappa shape index (κ2) is 4.45. The zero-order valence-electron chi connectivity index (χ0n) is 10.1. The summed E-state index contributed by atoms with van der Waals surface area (Å²) in [6, 6.07) is 3.66. The number of carbonyl (C=O) groups excluding carboxylic acids is 1. The minimum absolute atomic E-state index is 0.0195. The maximum absolute atomic E-state index is 12.1. The Morgan fingerprint density at radius 1 is 1.35 bits per heavy atom. The first-order valence-electron chi connectivity index (χ1n) is 5.38. The summed E-state index contributed by atoms with van der Waals surface area (Å²) in [6.07, 6.45) is 1.70. The van der Waals surface area contributed by atoms with Crippen molar-refractivity contribution in [3.05, 3.63) is 41.2 Å². The lowest BCUT2D eigenvalue weighted by atomic mass is 10.1. The van der Waals surface area contributed by atoms with Crippen molar-refractivity contribution in [1.82, 2.24) is 19.7 Å². The van der Waals surface area contributed by atoms with Gasteiger partial charge in [-0.05, 0) is 26.0 Å². The van der Waals surface area contributed by atoms with Crippen LogP contribution in [0.4, 0.5) is 0 Å². The van der Waals surface area contributed by atoms with Gasteiger partial charge in [0, 0.05) is 24.0 Å². The first-order valence-corrected chi connectivity index (χ1v) is 5.38. The minimum Gasteiger partial charge on any atom is -0.294 e. The van der Waals surface area contributed by atoms with Gasteiger partial charge in [-0.25, -0.2) is 4.98 Å². The van der Waals surface area contributed by atoms with E-state index in [1.54, 1.807) is 11.7 Å². The van der Waals surface area contributed by atoms with Crippen LogP contribution in [0.15, 0.2) is 18.5 Å². The molecule has 0 aliphatic rings. The lowest BCUT2D eigenvalue weighted by molar-refractivity contribution is 0.0988. The van der Waals surface area contributed by atoms with Crippen LogP contribution in [0, 0.1) is 13.8 Å². The summed E-state index contributed by atoms with van der Waals surface area (Å²) < 4.78 is 1.61. The molecule has 2 aromatic rings. The fraction of sp³-hybridized carbons (Fsp3) is 0.333. The van der Waals surface area contributed by atoms with Crippen molar-refractivity contribution < 1.29 is 4.79 Å². The van der Waals surface area contributed by atoms with Crippen molar-refractivity contribution in [3.8, 4) is 0 Å². The third kappa shape index (κ3) is 2.38. The smallest absolute Gasteiger partial charge is 0.172 e. The Kier molecular flexibility index (Phi) is 2.99. The van der Waals surface area contributed by atoms with Crippen LogP contribution in [0.1, 0.15) is 27.6 Å². The molecule has 5 nitrogen and oxygen atoms in total. The summed E-state index contributed by atoms with van der Waals surface area (Å²) in [6.45, 7) is 3.75. The van der Waals surface area contributed by atoms with Crippen LogP contribution in [0.2, 0.25) is 0 Å². The number of aromatic nitrogens is 4. The van der Waals surface area contributed by atoms with Crippen LogP contribution >= 0.6 is 0 Å². The SMILES string of the molecule is Cc1ccc(C(=O)Cc2ncnn2C)c(C)n1. The number of pyridine rings is 1. The van der Waals surface area contributed by atoms with Crippen LogP contribution in [0.25, 0.3) is 0 Å². The maximum atomic E-state index is 12.1. The first-order chi connectivity index (χ1) is 8.08. The monoisotopic (exact) mass is 230 g/mol. The van der Waals surface area contributed by atoms with Gasteiger partial charge in [-0.15, -0.1) is 0 Å². The minimum atomic E-state index is 0.0195. The highest BCUT2D eigenvalue weighted by Gasteiger charge is 2.13. The van der Waals surface area contributed by atoms with E-state index in [1.165, 1.54) is 6.33 Å². The average Bonchev–Trinajstić information content (AvgIpc) is 2.64. The van der Waals surface area contributed by atoms with E-state index in [-0.39, 0.29) is 12.2 Å². The molecular weight excluding hydrogens is 216 g/mol. The first kappa shape index (κ1) is 11.4. The zero-order chi connectivity index (χ0) is 12.4. The lowest BCUT2D eigenvalue weighted by Gasteiger charge is -2.04. The van der Waals surface area contributed by atoms with Gasteiger partial charge in [0.15, 0.2) is 5.78 Å². The van der Waals surface area contributed by atoms with Gasteiger partial charge in [-0.2, -0.15) is 5.10 Å².